The Hall–Kier alpha value is -5.62. The summed E-state index contributed by atoms with van der Waals surface area (Å²) in [5.74, 6) is 6.27. The Morgan fingerprint density at radius 1 is 0.951 bits per heavy atom. The third-order valence-electron chi connectivity index (χ3n) is 6.72. The van der Waals surface area contributed by atoms with Gasteiger partial charge in [-0.2, -0.15) is 5.10 Å². The van der Waals surface area contributed by atoms with Gasteiger partial charge in [0.25, 0.3) is 11.5 Å². The number of benzene rings is 2. The molecule has 1 atom stereocenters. The average molecular weight is 540 g/mol. The van der Waals surface area contributed by atoms with E-state index in [-0.39, 0.29) is 11.5 Å². The lowest BCUT2D eigenvalue weighted by Gasteiger charge is -2.20. The van der Waals surface area contributed by atoms with Crippen molar-refractivity contribution in [1.29, 1.82) is 0 Å². The van der Waals surface area contributed by atoms with Crippen molar-refractivity contribution in [2.45, 2.75) is 26.8 Å². The van der Waals surface area contributed by atoms with Gasteiger partial charge in [0.2, 0.25) is 0 Å². The summed E-state index contributed by atoms with van der Waals surface area (Å²) in [4.78, 5) is 41.2. The molecule has 9 nitrogen and oxygen atoms in total. The second-order valence-corrected chi connectivity index (χ2v) is 9.63. The minimum Gasteiger partial charge on any atom is -0.342 e. The molecule has 0 bridgehead atoms. The maximum absolute atomic E-state index is 14.2. The smallest absolute Gasteiger partial charge is 0.267 e. The molecule has 0 saturated carbocycles. The topological polar surface area (TPSA) is 107 Å². The van der Waals surface area contributed by atoms with Crippen molar-refractivity contribution in [2.24, 2.45) is 0 Å². The molecule has 0 unspecified atom stereocenters. The first-order valence-corrected chi connectivity index (χ1v) is 13.1. The summed E-state index contributed by atoms with van der Waals surface area (Å²) in [7, 11) is 0. The Kier molecular flexibility index (Phi) is 6.57. The number of nitrogens with zero attached hydrogens (tertiary/aromatic N) is 6. The van der Waals surface area contributed by atoms with Gasteiger partial charge in [0.05, 0.1) is 28.3 Å². The number of carbonyl (C=O) groups excluding carboxylic acids is 1. The van der Waals surface area contributed by atoms with Crippen LogP contribution in [-0.2, 0) is 0 Å². The molecule has 41 heavy (non-hydrogen) atoms. The number of para-hydroxylation sites is 1. The Bertz CT molecular complexity index is 2050. The van der Waals surface area contributed by atoms with Crippen LogP contribution in [0.3, 0.4) is 0 Å². The van der Waals surface area contributed by atoms with Crippen LogP contribution in [0.2, 0.25) is 0 Å². The van der Waals surface area contributed by atoms with E-state index in [4.69, 9.17) is 4.98 Å². The Morgan fingerprint density at radius 2 is 1.78 bits per heavy atom. The van der Waals surface area contributed by atoms with Gasteiger partial charge in [-0.1, -0.05) is 36.1 Å². The number of pyridine rings is 1. The van der Waals surface area contributed by atoms with Gasteiger partial charge in [0.1, 0.15) is 11.4 Å². The molecule has 2 aromatic carbocycles. The number of hydrogen-bond donors (Lipinski definition) is 1. The Morgan fingerprint density at radius 3 is 2.56 bits per heavy atom. The fraction of sp³-hybridized carbons (Fsp3) is 0.125. The van der Waals surface area contributed by atoms with Crippen LogP contribution in [0.5, 0.6) is 0 Å². The highest BCUT2D eigenvalue weighted by Gasteiger charge is 2.24. The molecule has 1 N–H and O–H groups in total. The standard InChI is InChI=1S/C32H25N7O2/c1-20-13-14-23(19-34-20)15-16-24-9-7-12-26-28(24)32(41)39(25-10-5-4-6-11-25)29(36-26)22(3)35-31(40)27-21(2)37-38-18-8-17-33-30(27)38/h4-14,17-19,22H,1-3H3,(H,35,40)/t22-/m0/s1. The fourth-order valence-electron chi connectivity index (χ4n) is 4.75. The van der Waals surface area contributed by atoms with Crippen molar-refractivity contribution in [2.75, 3.05) is 0 Å². The minimum absolute atomic E-state index is 0.280. The highest BCUT2D eigenvalue weighted by molar-refractivity contribution is 6.01. The third kappa shape index (κ3) is 4.83. The summed E-state index contributed by atoms with van der Waals surface area (Å²) in [6, 6.07) is 19.5. The second-order valence-electron chi connectivity index (χ2n) is 9.63. The van der Waals surface area contributed by atoms with E-state index in [1.165, 1.54) is 4.57 Å². The second kappa shape index (κ2) is 10.5. The van der Waals surface area contributed by atoms with Gasteiger partial charge in [-0.3, -0.25) is 19.1 Å². The highest BCUT2D eigenvalue weighted by Crippen LogP contribution is 2.21. The highest BCUT2D eigenvalue weighted by atomic mass is 16.2. The number of hydrogen-bond acceptors (Lipinski definition) is 6. The first kappa shape index (κ1) is 25.6. The Labute approximate surface area is 235 Å². The number of rotatable bonds is 4. The van der Waals surface area contributed by atoms with Crippen LogP contribution in [0, 0.1) is 25.7 Å². The third-order valence-corrected chi connectivity index (χ3v) is 6.72. The molecule has 9 heteroatoms. The van der Waals surface area contributed by atoms with Crippen molar-refractivity contribution in [1.82, 2.24) is 34.4 Å². The van der Waals surface area contributed by atoms with Crippen LogP contribution in [0.25, 0.3) is 22.2 Å². The molecule has 0 aliphatic heterocycles. The van der Waals surface area contributed by atoms with Gasteiger partial charge in [-0.25, -0.2) is 14.5 Å². The number of aryl methyl sites for hydroxylation is 2. The molecule has 0 radical (unpaired) electrons. The van der Waals surface area contributed by atoms with Crippen molar-refractivity contribution in [3.63, 3.8) is 0 Å². The van der Waals surface area contributed by atoms with Crippen LogP contribution in [0.4, 0.5) is 0 Å². The Balaban J connectivity index is 1.47. The lowest BCUT2D eigenvalue weighted by Crippen LogP contribution is -2.33. The summed E-state index contributed by atoms with van der Waals surface area (Å²) >= 11 is 0. The molecule has 0 aliphatic carbocycles. The van der Waals surface area contributed by atoms with Gasteiger partial charge >= 0.3 is 0 Å². The summed E-state index contributed by atoms with van der Waals surface area (Å²) in [6.45, 7) is 5.47. The molecule has 4 heterocycles. The van der Waals surface area contributed by atoms with E-state index in [0.29, 0.717) is 44.9 Å². The van der Waals surface area contributed by atoms with Gasteiger partial charge in [-0.15, -0.1) is 0 Å². The van der Waals surface area contributed by atoms with Crippen molar-refractivity contribution < 1.29 is 4.79 Å². The zero-order valence-electron chi connectivity index (χ0n) is 22.7. The summed E-state index contributed by atoms with van der Waals surface area (Å²) < 4.78 is 3.10. The average Bonchev–Trinajstić information content (AvgIpc) is 3.32. The maximum atomic E-state index is 14.2. The molecule has 200 valence electrons. The fourth-order valence-corrected chi connectivity index (χ4v) is 4.75. The first-order chi connectivity index (χ1) is 19.9. The zero-order valence-corrected chi connectivity index (χ0v) is 22.7. The molecule has 1 amide bonds. The lowest BCUT2D eigenvalue weighted by molar-refractivity contribution is 0.0938. The van der Waals surface area contributed by atoms with Gasteiger partial charge in [-0.05, 0) is 63.2 Å². The molecular weight excluding hydrogens is 514 g/mol. The van der Waals surface area contributed by atoms with Gasteiger partial charge < -0.3 is 5.32 Å². The molecule has 0 saturated heterocycles. The number of nitrogens with one attached hydrogen (secondary N) is 1. The van der Waals surface area contributed by atoms with E-state index < -0.39 is 6.04 Å². The van der Waals surface area contributed by atoms with E-state index in [2.05, 4.69) is 32.2 Å². The number of aromatic nitrogens is 6. The van der Waals surface area contributed by atoms with Gasteiger partial charge in [0.15, 0.2) is 5.65 Å². The molecule has 0 fully saturated rings. The van der Waals surface area contributed by atoms with Crippen LogP contribution in [-0.4, -0.2) is 35.0 Å². The van der Waals surface area contributed by atoms with E-state index >= 15 is 0 Å². The monoisotopic (exact) mass is 539 g/mol. The SMILES string of the molecule is Cc1ccc(C#Cc2cccc3nc([C@H](C)NC(=O)c4c(C)nn5cccnc45)n(-c4ccccc4)c(=O)c23)cn1. The number of amides is 1. The van der Waals surface area contributed by atoms with Crippen molar-refractivity contribution in [3.05, 3.63) is 130 Å². The molecule has 0 spiro atoms. The van der Waals surface area contributed by atoms with E-state index in [9.17, 15) is 9.59 Å². The predicted molar refractivity (Wildman–Crippen MR) is 156 cm³/mol. The van der Waals surface area contributed by atoms with Crippen LogP contribution in [0.15, 0.2) is 90.1 Å². The summed E-state index contributed by atoms with van der Waals surface area (Å²) in [5.41, 5.74) is 4.41. The summed E-state index contributed by atoms with van der Waals surface area (Å²) in [6.07, 6.45) is 5.06. The molecule has 0 aliphatic rings. The molecule has 6 aromatic rings. The van der Waals surface area contributed by atoms with Crippen molar-refractivity contribution in [3.8, 4) is 17.5 Å². The number of fused-ring (bicyclic) bond motifs is 2. The van der Waals surface area contributed by atoms with Crippen molar-refractivity contribution >= 4 is 22.5 Å². The molecular formula is C32H25N7O2. The van der Waals surface area contributed by atoms with E-state index in [0.717, 1.165) is 11.3 Å². The van der Waals surface area contributed by atoms with E-state index in [1.807, 2.05) is 55.5 Å². The maximum Gasteiger partial charge on any atom is 0.267 e. The first-order valence-electron chi connectivity index (χ1n) is 13.1. The zero-order chi connectivity index (χ0) is 28.5. The summed E-state index contributed by atoms with van der Waals surface area (Å²) in [5, 5.41) is 7.80. The largest absolute Gasteiger partial charge is 0.342 e. The van der Waals surface area contributed by atoms with Crippen LogP contribution in [0.1, 0.15) is 51.7 Å². The molecule has 4 aromatic heterocycles. The van der Waals surface area contributed by atoms with Crippen LogP contribution < -0.4 is 10.9 Å². The van der Waals surface area contributed by atoms with Gasteiger partial charge in [0, 0.05) is 35.4 Å². The minimum atomic E-state index is -0.633. The normalized spacial score (nSPS) is 11.7. The van der Waals surface area contributed by atoms with Crippen LogP contribution >= 0.6 is 0 Å². The quantitative estimate of drug-likeness (QED) is 0.334. The lowest BCUT2D eigenvalue weighted by atomic mass is 10.1. The predicted octanol–water partition coefficient (Wildman–Crippen LogP) is 4.33. The van der Waals surface area contributed by atoms with E-state index in [1.54, 1.807) is 55.2 Å². The number of carbonyl (C=O) groups is 1. The molecule has 6 rings (SSSR count).